The van der Waals surface area contributed by atoms with E-state index in [0.717, 1.165) is 32.5 Å². The van der Waals surface area contributed by atoms with Crippen LogP contribution in [-0.4, -0.2) is 70.5 Å². The summed E-state index contributed by atoms with van der Waals surface area (Å²) in [5.41, 5.74) is 0. The second-order valence-corrected chi connectivity index (χ2v) is 9.13. The average Bonchev–Trinajstić information content (AvgIpc) is 3.20. The number of hydrogen-bond acceptors (Lipinski definition) is 5. The van der Waals surface area contributed by atoms with Crippen LogP contribution in [0.5, 0.6) is 5.75 Å². The molecule has 2 aliphatic heterocycles. The molecule has 0 aromatic heterocycles. The molecule has 1 aromatic rings. The number of hydrogen-bond donors (Lipinski definition) is 1. The number of methoxy groups -OCH3 is 1. The first-order chi connectivity index (χ1) is 13.0. The average molecular weight is 396 g/mol. The Balaban J connectivity index is 1.51. The Bertz CT molecular complexity index is 730. The van der Waals surface area contributed by atoms with Gasteiger partial charge in [-0.1, -0.05) is 0 Å². The lowest BCUT2D eigenvalue weighted by Gasteiger charge is -2.33. The van der Waals surface area contributed by atoms with Crippen molar-refractivity contribution in [2.75, 3.05) is 46.4 Å². The molecule has 0 aliphatic carbocycles. The zero-order valence-corrected chi connectivity index (χ0v) is 16.7. The fourth-order valence-electron chi connectivity index (χ4n) is 3.76. The van der Waals surface area contributed by atoms with Crippen molar-refractivity contribution in [3.63, 3.8) is 0 Å². The molecule has 7 nitrogen and oxygen atoms in total. The molecule has 2 fully saturated rings. The van der Waals surface area contributed by atoms with Crippen LogP contribution in [0.25, 0.3) is 0 Å². The second kappa shape index (κ2) is 9.03. The summed E-state index contributed by atoms with van der Waals surface area (Å²) in [4.78, 5) is 16.8. The number of rotatable bonds is 7. The van der Waals surface area contributed by atoms with E-state index in [1.807, 2.05) is 4.90 Å². The SMILES string of the molecule is COc1ccc(S(=O)(=O)NCC2CCCN(C(=O)CN3CCCC3)C2)cc1. The number of carbonyl (C=O) groups excluding carboxylic acids is 1. The van der Waals surface area contributed by atoms with Crippen LogP contribution in [0, 0.1) is 5.92 Å². The van der Waals surface area contributed by atoms with Crippen LogP contribution in [0.1, 0.15) is 25.7 Å². The van der Waals surface area contributed by atoms with E-state index in [-0.39, 0.29) is 16.7 Å². The maximum atomic E-state index is 12.5. The third-order valence-electron chi connectivity index (χ3n) is 5.36. The Kier molecular flexibility index (Phi) is 6.73. The lowest BCUT2D eigenvalue weighted by molar-refractivity contribution is -0.133. The number of carbonyl (C=O) groups is 1. The molecule has 0 bridgehead atoms. The van der Waals surface area contributed by atoms with Gasteiger partial charge in [0.1, 0.15) is 5.75 Å². The van der Waals surface area contributed by atoms with Crippen molar-refractivity contribution in [1.29, 1.82) is 0 Å². The number of nitrogens with one attached hydrogen (secondary N) is 1. The predicted octanol–water partition coefficient (Wildman–Crippen LogP) is 1.31. The van der Waals surface area contributed by atoms with Gasteiger partial charge in [0.05, 0.1) is 18.6 Å². The van der Waals surface area contributed by atoms with Crippen molar-refractivity contribution in [1.82, 2.24) is 14.5 Å². The van der Waals surface area contributed by atoms with Crippen LogP contribution in [-0.2, 0) is 14.8 Å². The van der Waals surface area contributed by atoms with Gasteiger partial charge in [-0.2, -0.15) is 0 Å². The Morgan fingerprint density at radius 2 is 1.85 bits per heavy atom. The van der Waals surface area contributed by atoms with Gasteiger partial charge >= 0.3 is 0 Å². The number of piperidine rings is 1. The van der Waals surface area contributed by atoms with Gasteiger partial charge in [-0.3, -0.25) is 9.69 Å². The summed E-state index contributed by atoms with van der Waals surface area (Å²) in [6.45, 7) is 4.24. The zero-order chi connectivity index (χ0) is 19.3. The monoisotopic (exact) mass is 395 g/mol. The standard InChI is InChI=1S/C19H29N3O4S/c1-26-17-6-8-18(9-7-17)27(24,25)20-13-16-5-4-12-22(14-16)19(23)15-21-10-2-3-11-21/h6-9,16,20H,2-5,10-15H2,1H3. The largest absolute Gasteiger partial charge is 0.497 e. The normalized spacial score (nSPS) is 21.4. The lowest BCUT2D eigenvalue weighted by Crippen LogP contribution is -2.46. The Morgan fingerprint density at radius 3 is 2.52 bits per heavy atom. The van der Waals surface area contributed by atoms with Crippen LogP contribution in [0.3, 0.4) is 0 Å². The summed E-state index contributed by atoms with van der Waals surface area (Å²) in [6, 6.07) is 6.34. The lowest BCUT2D eigenvalue weighted by atomic mass is 9.98. The molecule has 1 N–H and O–H groups in total. The first-order valence-corrected chi connectivity index (χ1v) is 11.1. The molecule has 1 amide bonds. The first-order valence-electron chi connectivity index (χ1n) is 9.62. The first kappa shape index (κ1) is 20.1. The highest BCUT2D eigenvalue weighted by atomic mass is 32.2. The fourth-order valence-corrected chi connectivity index (χ4v) is 4.87. The minimum atomic E-state index is -3.56. The molecule has 8 heteroatoms. The number of likely N-dealkylation sites (tertiary alicyclic amines) is 2. The molecule has 27 heavy (non-hydrogen) atoms. The molecule has 150 valence electrons. The number of sulfonamides is 1. The van der Waals surface area contributed by atoms with Gasteiger partial charge in [-0.15, -0.1) is 0 Å². The zero-order valence-electron chi connectivity index (χ0n) is 15.9. The molecule has 3 rings (SSSR count). The highest BCUT2D eigenvalue weighted by Gasteiger charge is 2.26. The molecule has 1 aromatic carbocycles. The topological polar surface area (TPSA) is 79.0 Å². The summed E-state index contributed by atoms with van der Waals surface area (Å²) >= 11 is 0. The van der Waals surface area contributed by atoms with E-state index < -0.39 is 10.0 Å². The van der Waals surface area contributed by atoms with Crippen LogP contribution in [0.4, 0.5) is 0 Å². The van der Waals surface area contributed by atoms with Gasteiger partial charge in [0.2, 0.25) is 15.9 Å². The number of amides is 1. The maximum Gasteiger partial charge on any atom is 0.240 e. The third kappa shape index (κ3) is 5.43. The quantitative estimate of drug-likeness (QED) is 0.753. The minimum Gasteiger partial charge on any atom is -0.497 e. The van der Waals surface area contributed by atoms with Gasteiger partial charge in [-0.25, -0.2) is 13.1 Å². The summed E-state index contributed by atoms with van der Waals surface area (Å²) in [6.07, 6.45) is 4.19. The van der Waals surface area contributed by atoms with Crippen molar-refractivity contribution in [2.24, 2.45) is 5.92 Å². The van der Waals surface area contributed by atoms with E-state index in [1.54, 1.807) is 19.2 Å². The number of benzene rings is 1. The number of ether oxygens (including phenoxy) is 1. The van der Waals surface area contributed by atoms with E-state index in [1.165, 1.54) is 25.0 Å². The molecule has 0 spiro atoms. The molecular weight excluding hydrogens is 366 g/mol. The van der Waals surface area contributed by atoms with Gasteiger partial charge < -0.3 is 9.64 Å². The predicted molar refractivity (Wildman–Crippen MR) is 103 cm³/mol. The van der Waals surface area contributed by atoms with E-state index >= 15 is 0 Å². The van der Waals surface area contributed by atoms with Crippen LogP contribution >= 0.6 is 0 Å². The molecule has 2 saturated heterocycles. The Morgan fingerprint density at radius 1 is 1.15 bits per heavy atom. The molecule has 1 unspecified atom stereocenters. The van der Waals surface area contributed by atoms with Gasteiger partial charge in [0, 0.05) is 19.6 Å². The summed E-state index contributed by atoms with van der Waals surface area (Å²) < 4.78 is 32.7. The van der Waals surface area contributed by atoms with Crippen molar-refractivity contribution >= 4 is 15.9 Å². The van der Waals surface area contributed by atoms with Crippen molar-refractivity contribution in [3.05, 3.63) is 24.3 Å². The Hall–Kier alpha value is -1.64. The maximum absolute atomic E-state index is 12.5. The van der Waals surface area contributed by atoms with E-state index in [4.69, 9.17) is 4.74 Å². The van der Waals surface area contributed by atoms with E-state index in [9.17, 15) is 13.2 Å². The van der Waals surface area contributed by atoms with Crippen molar-refractivity contribution < 1.29 is 17.9 Å². The smallest absolute Gasteiger partial charge is 0.240 e. The molecule has 0 saturated carbocycles. The van der Waals surface area contributed by atoms with Crippen molar-refractivity contribution in [3.8, 4) is 5.75 Å². The molecule has 2 heterocycles. The van der Waals surface area contributed by atoms with Crippen molar-refractivity contribution in [2.45, 2.75) is 30.6 Å². The summed E-state index contributed by atoms with van der Waals surface area (Å²) in [5.74, 6) is 0.933. The summed E-state index contributed by atoms with van der Waals surface area (Å²) in [5, 5.41) is 0. The number of nitrogens with zero attached hydrogens (tertiary/aromatic N) is 2. The van der Waals surface area contributed by atoms with Crippen LogP contribution < -0.4 is 9.46 Å². The van der Waals surface area contributed by atoms with E-state index in [2.05, 4.69) is 9.62 Å². The highest BCUT2D eigenvalue weighted by Crippen LogP contribution is 2.19. The van der Waals surface area contributed by atoms with Gasteiger partial charge in [-0.05, 0) is 69.0 Å². The molecule has 2 aliphatic rings. The second-order valence-electron chi connectivity index (χ2n) is 7.36. The fraction of sp³-hybridized carbons (Fsp3) is 0.632. The molecule has 1 atom stereocenters. The van der Waals surface area contributed by atoms with E-state index in [0.29, 0.717) is 25.4 Å². The third-order valence-corrected chi connectivity index (χ3v) is 6.80. The van der Waals surface area contributed by atoms with Gasteiger partial charge in [0.15, 0.2) is 0 Å². The minimum absolute atomic E-state index is 0.148. The molecule has 0 radical (unpaired) electrons. The summed E-state index contributed by atoms with van der Waals surface area (Å²) in [7, 11) is -2.01. The van der Waals surface area contributed by atoms with Crippen LogP contribution in [0.2, 0.25) is 0 Å². The Labute approximate surface area is 161 Å². The van der Waals surface area contributed by atoms with Crippen LogP contribution in [0.15, 0.2) is 29.2 Å². The van der Waals surface area contributed by atoms with Gasteiger partial charge in [0.25, 0.3) is 0 Å². The molecular formula is C19H29N3O4S. The highest BCUT2D eigenvalue weighted by molar-refractivity contribution is 7.89.